The van der Waals surface area contributed by atoms with E-state index in [-0.39, 0.29) is 18.3 Å². The molecular formula is C20H23ClFN3O3S. The number of hydrogen-bond acceptors (Lipinski definition) is 4. The zero-order valence-corrected chi connectivity index (χ0v) is 17.9. The van der Waals surface area contributed by atoms with Gasteiger partial charge >= 0.3 is 0 Å². The zero-order valence-electron chi connectivity index (χ0n) is 16.3. The van der Waals surface area contributed by atoms with E-state index in [0.29, 0.717) is 42.5 Å². The predicted molar refractivity (Wildman–Crippen MR) is 114 cm³/mol. The van der Waals surface area contributed by atoms with E-state index in [1.54, 1.807) is 42.2 Å². The molecule has 2 aromatic carbocycles. The molecule has 156 valence electrons. The minimum atomic E-state index is -3.67. The molecule has 1 saturated heterocycles. The minimum Gasteiger partial charge on any atom is -0.368 e. The zero-order chi connectivity index (χ0) is 21.2. The second-order valence-electron chi connectivity index (χ2n) is 7.00. The molecule has 0 bridgehead atoms. The highest BCUT2D eigenvalue weighted by Gasteiger charge is 2.27. The highest BCUT2D eigenvalue weighted by molar-refractivity contribution is 7.92. The number of amides is 1. The number of halogens is 2. The van der Waals surface area contributed by atoms with Gasteiger partial charge in [0, 0.05) is 36.9 Å². The summed E-state index contributed by atoms with van der Waals surface area (Å²) in [5.74, 6) is -0.562. The molecule has 1 aliphatic heterocycles. The molecule has 0 N–H and O–H groups in total. The van der Waals surface area contributed by atoms with Crippen LogP contribution >= 0.6 is 11.6 Å². The Labute approximate surface area is 175 Å². The quantitative estimate of drug-likeness (QED) is 0.718. The maximum atomic E-state index is 13.1. The monoisotopic (exact) mass is 439 g/mol. The van der Waals surface area contributed by atoms with Crippen molar-refractivity contribution in [3.63, 3.8) is 0 Å². The number of benzene rings is 2. The number of carbonyl (C=O) groups excluding carboxylic acids is 1. The summed E-state index contributed by atoms with van der Waals surface area (Å²) in [6, 6.07) is 11.2. The molecule has 6 nitrogen and oxygen atoms in total. The third-order valence-corrected chi connectivity index (χ3v) is 6.55. The van der Waals surface area contributed by atoms with Gasteiger partial charge in [0.1, 0.15) is 12.4 Å². The molecule has 9 heteroatoms. The summed E-state index contributed by atoms with van der Waals surface area (Å²) in [6.07, 6.45) is 1.08. The Bertz CT molecular complexity index is 991. The molecule has 3 rings (SSSR count). The Balaban J connectivity index is 1.70. The molecule has 1 aliphatic rings. The van der Waals surface area contributed by atoms with Crippen molar-refractivity contribution in [2.24, 2.45) is 0 Å². The highest BCUT2D eigenvalue weighted by atomic mass is 35.5. The normalized spacial score (nSPS) is 14.8. The lowest BCUT2D eigenvalue weighted by Crippen LogP contribution is -2.52. The second kappa shape index (κ2) is 8.59. The molecule has 0 unspecified atom stereocenters. The van der Waals surface area contributed by atoms with Crippen molar-refractivity contribution >= 4 is 38.9 Å². The molecule has 0 aromatic heterocycles. The Morgan fingerprint density at radius 3 is 2.31 bits per heavy atom. The average molecular weight is 440 g/mol. The number of nitrogens with zero attached hydrogens (tertiary/aromatic N) is 3. The molecule has 2 aromatic rings. The van der Waals surface area contributed by atoms with Gasteiger partial charge in [-0.15, -0.1) is 0 Å². The summed E-state index contributed by atoms with van der Waals surface area (Å²) < 4.78 is 38.9. The number of rotatable bonds is 5. The van der Waals surface area contributed by atoms with Crippen LogP contribution in [-0.2, 0) is 14.8 Å². The van der Waals surface area contributed by atoms with E-state index >= 15 is 0 Å². The summed E-state index contributed by atoms with van der Waals surface area (Å²) in [5, 5.41) is 0.441. The molecule has 0 saturated carbocycles. The molecule has 0 aliphatic carbocycles. The van der Waals surface area contributed by atoms with E-state index in [1.807, 2.05) is 0 Å². The highest BCUT2D eigenvalue weighted by Crippen LogP contribution is 2.28. The van der Waals surface area contributed by atoms with Gasteiger partial charge in [-0.1, -0.05) is 17.7 Å². The summed E-state index contributed by atoms with van der Waals surface area (Å²) in [4.78, 5) is 16.6. The summed E-state index contributed by atoms with van der Waals surface area (Å²) >= 11 is 6.13. The van der Waals surface area contributed by atoms with Gasteiger partial charge in [0.05, 0.1) is 11.9 Å². The Kier molecular flexibility index (Phi) is 6.33. The molecule has 29 heavy (non-hydrogen) atoms. The van der Waals surface area contributed by atoms with Crippen LogP contribution in [0.4, 0.5) is 15.8 Å². The summed E-state index contributed by atoms with van der Waals surface area (Å²) in [5.41, 5.74) is 1.90. The number of hydrogen-bond donors (Lipinski definition) is 0. The molecule has 1 amide bonds. The van der Waals surface area contributed by atoms with Gasteiger partial charge in [0.25, 0.3) is 0 Å². The van der Waals surface area contributed by atoms with E-state index < -0.39 is 10.0 Å². The van der Waals surface area contributed by atoms with Crippen LogP contribution in [0.5, 0.6) is 0 Å². The molecule has 1 fully saturated rings. The van der Waals surface area contributed by atoms with Crippen LogP contribution in [0.1, 0.15) is 5.56 Å². The SMILES string of the molecule is Cc1c(Cl)cccc1N(CC(=O)N1CCN(c2ccc(F)cc2)CC1)S(C)(=O)=O. The fourth-order valence-corrected chi connectivity index (χ4v) is 4.41. The largest absolute Gasteiger partial charge is 0.368 e. The molecule has 1 heterocycles. The van der Waals surface area contributed by atoms with Gasteiger partial charge in [-0.05, 0) is 48.9 Å². The molecule has 0 spiro atoms. The van der Waals surface area contributed by atoms with Crippen molar-refractivity contribution in [3.8, 4) is 0 Å². The topological polar surface area (TPSA) is 60.9 Å². The van der Waals surface area contributed by atoms with Crippen molar-refractivity contribution in [1.29, 1.82) is 0 Å². The van der Waals surface area contributed by atoms with Crippen LogP contribution in [0.25, 0.3) is 0 Å². The van der Waals surface area contributed by atoms with Crippen LogP contribution in [-0.4, -0.2) is 58.2 Å². The smallest absolute Gasteiger partial charge is 0.243 e. The molecule has 0 atom stereocenters. The standard InChI is InChI=1S/C20H23ClFN3O3S/c1-15-18(21)4-3-5-19(15)25(29(2,27)28)14-20(26)24-12-10-23(11-13-24)17-8-6-16(22)7-9-17/h3-9H,10-14H2,1-2H3. The van der Waals surface area contributed by atoms with Crippen LogP contribution in [0.3, 0.4) is 0 Å². The first-order valence-electron chi connectivity index (χ1n) is 9.18. The van der Waals surface area contributed by atoms with Crippen LogP contribution in [0.15, 0.2) is 42.5 Å². The number of carbonyl (C=O) groups is 1. The minimum absolute atomic E-state index is 0.270. The molecule has 0 radical (unpaired) electrons. The fourth-order valence-electron chi connectivity index (χ4n) is 3.34. The predicted octanol–water partition coefficient (Wildman–Crippen LogP) is 2.90. The van der Waals surface area contributed by atoms with Gasteiger partial charge in [0.2, 0.25) is 15.9 Å². The van der Waals surface area contributed by atoms with Crippen molar-refractivity contribution in [2.75, 3.05) is 48.2 Å². The van der Waals surface area contributed by atoms with Gasteiger partial charge in [-0.3, -0.25) is 9.10 Å². The van der Waals surface area contributed by atoms with Crippen LogP contribution < -0.4 is 9.21 Å². The second-order valence-corrected chi connectivity index (χ2v) is 9.31. The van der Waals surface area contributed by atoms with E-state index in [4.69, 9.17) is 11.6 Å². The Morgan fingerprint density at radius 1 is 1.10 bits per heavy atom. The van der Waals surface area contributed by atoms with E-state index in [0.717, 1.165) is 16.2 Å². The van der Waals surface area contributed by atoms with E-state index in [2.05, 4.69) is 4.90 Å². The third-order valence-electron chi connectivity index (χ3n) is 5.01. The first-order chi connectivity index (χ1) is 13.7. The van der Waals surface area contributed by atoms with Crippen molar-refractivity contribution in [3.05, 3.63) is 58.9 Å². The van der Waals surface area contributed by atoms with Gasteiger partial charge in [0.15, 0.2) is 0 Å². The first-order valence-corrected chi connectivity index (χ1v) is 11.4. The lowest BCUT2D eigenvalue weighted by molar-refractivity contribution is -0.129. The van der Waals surface area contributed by atoms with Gasteiger partial charge in [-0.2, -0.15) is 0 Å². The Hall–Kier alpha value is -2.32. The fraction of sp³-hybridized carbons (Fsp3) is 0.350. The van der Waals surface area contributed by atoms with Gasteiger partial charge < -0.3 is 9.80 Å². The molecular weight excluding hydrogens is 417 g/mol. The van der Waals surface area contributed by atoms with Crippen LogP contribution in [0, 0.1) is 12.7 Å². The number of sulfonamides is 1. The average Bonchev–Trinajstić information content (AvgIpc) is 2.68. The van der Waals surface area contributed by atoms with Crippen molar-refractivity contribution in [2.45, 2.75) is 6.92 Å². The van der Waals surface area contributed by atoms with Crippen molar-refractivity contribution < 1.29 is 17.6 Å². The number of anilines is 2. The summed E-state index contributed by atoms with van der Waals surface area (Å²) in [6.45, 7) is 3.54. The third kappa shape index (κ3) is 5.00. The lowest BCUT2D eigenvalue weighted by Gasteiger charge is -2.37. The first kappa shape index (κ1) is 21.4. The van der Waals surface area contributed by atoms with E-state index in [1.165, 1.54) is 12.1 Å². The van der Waals surface area contributed by atoms with Crippen LogP contribution in [0.2, 0.25) is 5.02 Å². The number of piperazine rings is 1. The van der Waals surface area contributed by atoms with Crippen molar-refractivity contribution in [1.82, 2.24) is 4.90 Å². The van der Waals surface area contributed by atoms with E-state index in [9.17, 15) is 17.6 Å². The maximum Gasteiger partial charge on any atom is 0.243 e. The lowest BCUT2D eigenvalue weighted by atomic mass is 10.2. The Morgan fingerprint density at radius 2 is 1.72 bits per heavy atom. The maximum absolute atomic E-state index is 13.1. The van der Waals surface area contributed by atoms with Gasteiger partial charge in [-0.25, -0.2) is 12.8 Å². The summed E-state index contributed by atoms with van der Waals surface area (Å²) in [7, 11) is -3.67.